The molecule has 0 radical (unpaired) electrons. The van der Waals surface area contributed by atoms with Gasteiger partial charge in [-0.1, -0.05) is 35.9 Å². The Hall–Kier alpha value is -0.430. The lowest BCUT2D eigenvalue weighted by Crippen LogP contribution is -2.29. The highest BCUT2D eigenvalue weighted by Gasteiger charge is 2.28. The molecule has 0 fully saturated rings. The van der Waals surface area contributed by atoms with Gasteiger partial charge in [-0.05, 0) is 32.6 Å². The van der Waals surface area contributed by atoms with Gasteiger partial charge in [-0.2, -0.15) is 0 Å². The maximum absolute atomic E-state index is 11.5. The summed E-state index contributed by atoms with van der Waals surface area (Å²) in [5.41, 5.74) is 0. The summed E-state index contributed by atoms with van der Waals surface area (Å²) in [6.45, 7) is 5.63. The predicted octanol–water partition coefficient (Wildman–Crippen LogP) is 3.46. The summed E-state index contributed by atoms with van der Waals surface area (Å²) < 4.78 is 5.46. The molecule has 17 heavy (non-hydrogen) atoms. The van der Waals surface area contributed by atoms with E-state index in [2.05, 4.69) is 23.1 Å². The number of esters is 1. The molecular formula is C13H25O3P. The van der Waals surface area contributed by atoms with E-state index in [0.717, 1.165) is 38.5 Å². The van der Waals surface area contributed by atoms with Crippen LogP contribution in [0.4, 0.5) is 0 Å². The fourth-order valence-electron chi connectivity index (χ4n) is 1.65. The average molecular weight is 260 g/mol. The minimum absolute atomic E-state index is 0.117. The van der Waals surface area contributed by atoms with Crippen LogP contribution < -0.4 is 0 Å². The van der Waals surface area contributed by atoms with Crippen molar-refractivity contribution in [1.82, 2.24) is 0 Å². The van der Waals surface area contributed by atoms with Crippen molar-refractivity contribution in [3.63, 3.8) is 0 Å². The molecule has 0 amide bonds. The summed E-state index contributed by atoms with van der Waals surface area (Å²) >= 11 is 0. The summed E-state index contributed by atoms with van der Waals surface area (Å²) in [4.78, 5) is 22.4. The van der Waals surface area contributed by atoms with Gasteiger partial charge in [-0.3, -0.25) is 9.59 Å². The first-order valence-corrected chi connectivity index (χ1v) is 7.01. The molecule has 0 aliphatic carbocycles. The Morgan fingerprint density at radius 3 is 1.94 bits per heavy atom. The van der Waals surface area contributed by atoms with E-state index in [9.17, 15) is 9.59 Å². The fourth-order valence-corrected chi connectivity index (χ4v) is 2.18. The molecule has 0 spiro atoms. The molecule has 0 saturated heterocycles. The first kappa shape index (κ1) is 16.6. The summed E-state index contributed by atoms with van der Waals surface area (Å²) in [5.74, 6) is -0.548. The Morgan fingerprint density at radius 2 is 1.59 bits per heavy atom. The van der Waals surface area contributed by atoms with Crippen LogP contribution in [0.5, 0.6) is 0 Å². The second-order valence-electron chi connectivity index (χ2n) is 4.62. The predicted molar refractivity (Wildman–Crippen MR) is 72.9 cm³/mol. The lowest BCUT2D eigenvalue weighted by atomic mass is 10.1. The smallest absolute Gasteiger partial charge is 0.314 e. The van der Waals surface area contributed by atoms with E-state index >= 15 is 0 Å². The molecule has 3 nitrogen and oxygen atoms in total. The lowest BCUT2D eigenvalue weighted by molar-refractivity contribution is -0.154. The monoisotopic (exact) mass is 260 g/mol. The molecule has 1 unspecified atom stereocenters. The van der Waals surface area contributed by atoms with E-state index in [-0.39, 0.29) is 12.2 Å². The highest BCUT2D eigenvalue weighted by atomic mass is 31.0. The number of ketones is 1. The molecule has 0 aliphatic rings. The van der Waals surface area contributed by atoms with Crippen LogP contribution >= 0.6 is 9.24 Å². The first-order valence-electron chi connectivity index (χ1n) is 6.43. The molecule has 0 rings (SSSR count). The number of carbonyl (C=O) groups is 2. The van der Waals surface area contributed by atoms with Crippen molar-refractivity contribution in [3.8, 4) is 0 Å². The molecule has 4 heteroatoms. The van der Waals surface area contributed by atoms with Crippen LogP contribution in [0.3, 0.4) is 0 Å². The molecular weight excluding hydrogens is 235 g/mol. The minimum Gasteiger partial charge on any atom is -0.455 e. The summed E-state index contributed by atoms with van der Waals surface area (Å²) in [5, 5.41) is -0.474. The van der Waals surface area contributed by atoms with Gasteiger partial charge in [0, 0.05) is 0 Å². The average Bonchev–Trinajstić information content (AvgIpc) is 2.22. The number of unbranched alkanes of at least 4 members (excludes halogenated alkanes) is 2. The Labute approximate surface area is 107 Å². The first-order chi connectivity index (χ1) is 7.93. The van der Waals surface area contributed by atoms with Gasteiger partial charge in [-0.15, -0.1) is 0 Å². The largest absolute Gasteiger partial charge is 0.455 e. The molecule has 0 bridgehead atoms. The highest BCUT2D eigenvalue weighted by molar-refractivity contribution is 7.18. The summed E-state index contributed by atoms with van der Waals surface area (Å²) in [6, 6.07) is 0. The molecule has 100 valence electrons. The molecule has 0 heterocycles. The zero-order valence-corrected chi connectivity index (χ0v) is 12.4. The van der Waals surface area contributed by atoms with Gasteiger partial charge in [0.25, 0.3) is 0 Å². The SMILES string of the molecule is CCCCC(P)(CCCC)OC(=O)CC(C)=O. The third-order valence-electron chi connectivity index (χ3n) is 2.62. The normalized spacial score (nSPS) is 11.3. The number of rotatable bonds is 9. The molecule has 0 aromatic rings. The van der Waals surface area contributed by atoms with Gasteiger partial charge in [-0.25, -0.2) is 0 Å². The van der Waals surface area contributed by atoms with Crippen LogP contribution in [0.2, 0.25) is 0 Å². The third-order valence-corrected chi connectivity index (χ3v) is 3.31. The molecule has 0 aromatic heterocycles. The van der Waals surface area contributed by atoms with Crippen molar-refractivity contribution in [3.05, 3.63) is 0 Å². The fraction of sp³-hybridized carbons (Fsp3) is 0.846. The standard InChI is InChI=1S/C13H25O3P/c1-4-6-8-13(17,9-7-5-2)16-12(15)10-11(3)14/h4-10,17H2,1-3H3. The topological polar surface area (TPSA) is 43.4 Å². The lowest BCUT2D eigenvalue weighted by Gasteiger charge is -2.29. The van der Waals surface area contributed by atoms with E-state index in [0.29, 0.717) is 0 Å². The van der Waals surface area contributed by atoms with Crippen LogP contribution in [-0.4, -0.2) is 17.1 Å². The molecule has 0 aromatic carbocycles. The van der Waals surface area contributed by atoms with Gasteiger partial charge >= 0.3 is 5.97 Å². The Kier molecular flexibility index (Phi) is 8.41. The van der Waals surface area contributed by atoms with Crippen LogP contribution in [0.1, 0.15) is 65.7 Å². The maximum Gasteiger partial charge on any atom is 0.314 e. The van der Waals surface area contributed by atoms with Crippen LogP contribution in [-0.2, 0) is 14.3 Å². The van der Waals surface area contributed by atoms with Gasteiger partial charge in [0.15, 0.2) is 0 Å². The number of hydrogen-bond donors (Lipinski definition) is 0. The summed E-state index contributed by atoms with van der Waals surface area (Å²) in [7, 11) is 2.67. The van der Waals surface area contributed by atoms with Gasteiger partial charge in [0.2, 0.25) is 0 Å². The van der Waals surface area contributed by atoms with Crippen molar-refractivity contribution < 1.29 is 14.3 Å². The van der Waals surface area contributed by atoms with E-state index in [1.54, 1.807) is 0 Å². The number of Topliss-reactive ketones (excluding diaryl/α,β-unsaturated/α-hetero) is 1. The Balaban J connectivity index is 4.34. The highest BCUT2D eigenvalue weighted by Crippen LogP contribution is 2.33. The number of ether oxygens (including phenoxy) is 1. The van der Waals surface area contributed by atoms with Crippen molar-refractivity contribution in [1.29, 1.82) is 0 Å². The van der Waals surface area contributed by atoms with E-state index in [1.807, 2.05) is 0 Å². The number of hydrogen-bond acceptors (Lipinski definition) is 3. The van der Waals surface area contributed by atoms with Crippen LogP contribution in [0.25, 0.3) is 0 Å². The van der Waals surface area contributed by atoms with Crippen LogP contribution in [0.15, 0.2) is 0 Å². The Bertz CT molecular complexity index is 243. The van der Waals surface area contributed by atoms with E-state index in [4.69, 9.17) is 4.74 Å². The molecule has 1 atom stereocenters. The van der Waals surface area contributed by atoms with Gasteiger partial charge in [0.05, 0.1) is 0 Å². The van der Waals surface area contributed by atoms with E-state index in [1.165, 1.54) is 6.92 Å². The van der Waals surface area contributed by atoms with E-state index < -0.39 is 11.3 Å². The third kappa shape index (κ3) is 8.31. The van der Waals surface area contributed by atoms with Crippen molar-refractivity contribution in [2.75, 3.05) is 0 Å². The molecule has 0 N–H and O–H groups in total. The Morgan fingerprint density at radius 1 is 1.12 bits per heavy atom. The second kappa shape index (κ2) is 8.63. The zero-order chi connectivity index (χ0) is 13.3. The quantitative estimate of drug-likeness (QED) is 0.362. The molecule has 0 saturated carbocycles. The zero-order valence-electron chi connectivity index (χ0n) is 11.3. The number of carbonyl (C=O) groups excluding carboxylic acids is 2. The van der Waals surface area contributed by atoms with Crippen molar-refractivity contribution in [2.24, 2.45) is 0 Å². The van der Waals surface area contributed by atoms with Crippen molar-refractivity contribution >= 4 is 21.0 Å². The minimum atomic E-state index is -0.474. The maximum atomic E-state index is 11.5. The van der Waals surface area contributed by atoms with Gasteiger partial charge in [0.1, 0.15) is 17.5 Å². The van der Waals surface area contributed by atoms with Crippen LogP contribution in [0, 0.1) is 0 Å². The van der Waals surface area contributed by atoms with Gasteiger partial charge < -0.3 is 4.74 Å². The second-order valence-corrected chi connectivity index (χ2v) is 5.68. The van der Waals surface area contributed by atoms with Crippen molar-refractivity contribution in [2.45, 2.75) is 71.1 Å². The molecule has 0 aliphatic heterocycles. The summed E-state index contributed by atoms with van der Waals surface area (Å²) in [6.07, 6.45) is 5.78.